The van der Waals surface area contributed by atoms with Gasteiger partial charge in [0, 0.05) is 17.0 Å². The van der Waals surface area contributed by atoms with Gasteiger partial charge in [-0.25, -0.2) is 9.38 Å². The highest BCUT2D eigenvalue weighted by Gasteiger charge is 2.07. The fourth-order valence-corrected chi connectivity index (χ4v) is 2.93. The SMILES string of the molecule is CCc1ccc2oc(-c3ccccc3)cc(=Nc3ccc(F)cc3)c2c1. The van der Waals surface area contributed by atoms with Crippen molar-refractivity contribution in [3.05, 3.63) is 95.6 Å². The molecular weight excluding hydrogens is 325 g/mol. The van der Waals surface area contributed by atoms with Crippen LogP contribution in [0.1, 0.15) is 12.5 Å². The van der Waals surface area contributed by atoms with E-state index in [4.69, 9.17) is 9.41 Å². The van der Waals surface area contributed by atoms with Crippen molar-refractivity contribution < 1.29 is 8.81 Å². The summed E-state index contributed by atoms with van der Waals surface area (Å²) in [6.45, 7) is 2.12. The highest BCUT2D eigenvalue weighted by molar-refractivity contribution is 5.79. The number of hydrogen-bond acceptors (Lipinski definition) is 2. The van der Waals surface area contributed by atoms with Crippen molar-refractivity contribution in [2.45, 2.75) is 13.3 Å². The number of nitrogens with zero attached hydrogens (tertiary/aromatic N) is 1. The zero-order chi connectivity index (χ0) is 17.9. The van der Waals surface area contributed by atoms with E-state index in [9.17, 15) is 4.39 Å². The normalized spacial score (nSPS) is 11.8. The van der Waals surface area contributed by atoms with Crippen LogP contribution in [0, 0.1) is 5.82 Å². The Morgan fingerprint density at radius 2 is 1.65 bits per heavy atom. The van der Waals surface area contributed by atoms with E-state index in [1.807, 2.05) is 42.5 Å². The first kappa shape index (κ1) is 16.3. The summed E-state index contributed by atoms with van der Waals surface area (Å²) >= 11 is 0. The van der Waals surface area contributed by atoms with Crippen LogP contribution in [0.15, 0.2) is 88.3 Å². The topological polar surface area (TPSA) is 25.5 Å². The molecule has 4 aromatic rings. The smallest absolute Gasteiger partial charge is 0.136 e. The van der Waals surface area contributed by atoms with Crippen molar-refractivity contribution in [3.63, 3.8) is 0 Å². The number of halogens is 1. The second kappa shape index (κ2) is 6.96. The van der Waals surface area contributed by atoms with Gasteiger partial charge in [-0.2, -0.15) is 0 Å². The minimum atomic E-state index is -0.268. The summed E-state index contributed by atoms with van der Waals surface area (Å²) in [5, 5.41) is 1.76. The van der Waals surface area contributed by atoms with Gasteiger partial charge >= 0.3 is 0 Å². The van der Waals surface area contributed by atoms with Crippen molar-refractivity contribution >= 4 is 16.7 Å². The Bertz CT molecular complexity index is 1110. The largest absolute Gasteiger partial charge is 0.456 e. The molecule has 0 aliphatic carbocycles. The van der Waals surface area contributed by atoms with Gasteiger partial charge in [0.05, 0.1) is 11.0 Å². The lowest BCUT2D eigenvalue weighted by atomic mass is 10.1. The molecule has 3 heteroatoms. The van der Waals surface area contributed by atoms with Crippen LogP contribution in [0.2, 0.25) is 0 Å². The highest BCUT2D eigenvalue weighted by Crippen LogP contribution is 2.23. The van der Waals surface area contributed by atoms with Crippen molar-refractivity contribution in [1.29, 1.82) is 0 Å². The average molecular weight is 343 g/mol. The zero-order valence-electron chi connectivity index (χ0n) is 14.4. The first-order chi connectivity index (χ1) is 12.7. The van der Waals surface area contributed by atoms with Crippen LogP contribution in [0.4, 0.5) is 10.1 Å². The van der Waals surface area contributed by atoms with E-state index in [0.717, 1.165) is 34.1 Å². The van der Waals surface area contributed by atoms with Crippen molar-refractivity contribution in [1.82, 2.24) is 0 Å². The Morgan fingerprint density at radius 3 is 2.38 bits per heavy atom. The molecule has 3 aromatic carbocycles. The molecule has 0 saturated carbocycles. The van der Waals surface area contributed by atoms with E-state index in [1.54, 1.807) is 12.1 Å². The van der Waals surface area contributed by atoms with Crippen LogP contribution in [0.25, 0.3) is 22.3 Å². The first-order valence-corrected chi connectivity index (χ1v) is 8.65. The third kappa shape index (κ3) is 3.29. The lowest BCUT2D eigenvalue weighted by molar-refractivity contribution is 0.618. The van der Waals surface area contributed by atoms with E-state index in [2.05, 4.69) is 19.1 Å². The van der Waals surface area contributed by atoms with Gasteiger partial charge in [0.25, 0.3) is 0 Å². The van der Waals surface area contributed by atoms with Gasteiger partial charge in [0.1, 0.15) is 17.2 Å². The molecule has 0 aliphatic rings. The fraction of sp³-hybridized carbons (Fsp3) is 0.0870. The summed E-state index contributed by atoms with van der Waals surface area (Å²) in [7, 11) is 0. The van der Waals surface area contributed by atoms with E-state index in [0.29, 0.717) is 5.69 Å². The summed E-state index contributed by atoms with van der Waals surface area (Å²) in [6, 6.07) is 24.3. The number of rotatable bonds is 3. The lowest BCUT2D eigenvalue weighted by Crippen LogP contribution is -2.04. The van der Waals surface area contributed by atoms with Crippen LogP contribution in [-0.2, 0) is 6.42 Å². The number of fused-ring (bicyclic) bond motifs is 1. The lowest BCUT2D eigenvalue weighted by Gasteiger charge is -2.06. The maximum atomic E-state index is 13.2. The summed E-state index contributed by atoms with van der Waals surface area (Å²) in [6.07, 6.45) is 0.937. The maximum Gasteiger partial charge on any atom is 0.136 e. The van der Waals surface area contributed by atoms with E-state index in [-0.39, 0.29) is 5.82 Å². The molecule has 0 bridgehead atoms. The monoisotopic (exact) mass is 343 g/mol. The Kier molecular flexibility index (Phi) is 4.36. The maximum absolute atomic E-state index is 13.2. The molecule has 0 N–H and O–H groups in total. The summed E-state index contributed by atoms with van der Waals surface area (Å²) in [4.78, 5) is 4.75. The molecule has 128 valence electrons. The Morgan fingerprint density at radius 1 is 0.885 bits per heavy atom. The standard InChI is InChI=1S/C23H18FNO/c1-2-16-8-13-22-20(14-16)21(25-19-11-9-18(24)10-12-19)15-23(26-22)17-6-4-3-5-7-17/h3-15H,2H2,1H3. The van der Waals surface area contributed by atoms with E-state index < -0.39 is 0 Å². The van der Waals surface area contributed by atoms with Crippen molar-refractivity contribution in [3.8, 4) is 11.3 Å². The average Bonchev–Trinajstić information content (AvgIpc) is 2.70. The van der Waals surface area contributed by atoms with Crippen LogP contribution in [-0.4, -0.2) is 0 Å². The van der Waals surface area contributed by atoms with Gasteiger partial charge in [0.15, 0.2) is 0 Å². The van der Waals surface area contributed by atoms with Crippen LogP contribution in [0.3, 0.4) is 0 Å². The van der Waals surface area contributed by atoms with E-state index >= 15 is 0 Å². The summed E-state index contributed by atoms with van der Waals surface area (Å²) < 4.78 is 19.3. The van der Waals surface area contributed by atoms with Gasteiger partial charge < -0.3 is 4.42 Å². The molecule has 0 saturated heterocycles. The van der Waals surface area contributed by atoms with Crippen LogP contribution < -0.4 is 5.36 Å². The summed E-state index contributed by atoms with van der Waals surface area (Å²) in [5.41, 5.74) is 3.70. The van der Waals surface area contributed by atoms with Gasteiger partial charge in [0.2, 0.25) is 0 Å². The molecule has 1 heterocycles. The predicted octanol–water partition coefficient (Wildman–Crippen LogP) is 6.03. The van der Waals surface area contributed by atoms with Gasteiger partial charge in [-0.15, -0.1) is 0 Å². The minimum absolute atomic E-state index is 0.268. The zero-order valence-corrected chi connectivity index (χ0v) is 14.4. The first-order valence-electron chi connectivity index (χ1n) is 8.65. The van der Waals surface area contributed by atoms with Gasteiger partial charge in [-0.05, 0) is 48.4 Å². The third-order valence-corrected chi connectivity index (χ3v) is 4.35. The molecule has 0 atom stereocenters. The van der Waals surface area contributed by atoms with Crippen LogP contribution >= 0.6 is 0 Å². The number of hydrogen-bond donors (Lipinski definition) is 0. The third-order valence-electron chi connectivity index (χ3n) is 4.35. The minimum Gasteiger partial charge on any atom is -0.456 e. The Labute approximate surface area is 151 Å². The molecule has 0 radical (unpaired) electrons. The molecular formula is C23H18FNO. The fourth-order valence-electron chi connectivity index (χ4n) is 2.93. The molecule has 0 unspecified atom stereocenters. The Hall–Kier alpha value is -3.20. The van der Waals surface area contributed by atoms with Gasteiger partial charge in [-0.1, -0.05) is 43.3 Å². The van der Waals surface area contributed by atoms with Crippen molar-refractivity contribution in [2.24, 2.45) is 4.99 Å². The second-order valence-electron chi connectivity index (χ2n) is 6.13. The number of aryl methyl sites for hydroxylation is 1. The molecule has 0 aliphatic heterocycles. The molecule has 4 rings (SSSR count). The molecule has 0 fully saturated rings. The number of benzene rings is 3. The molecule has 0 spiro atoms. The molecule has 2 nitrogen and oxygen atoms in total. The van der Waals surface area contributed by atoms with Crippen molar-refractivity contribution in [2.75, 3.05) is 0 Å². The molecule has 1 aromatic heterocycles. The van der Waals surface area contributed by atoms with E-state index in [1.165, 1.54) is 17.7 Å². The molecule has 0 amide bonds. The summed E-state index contributed by atoms with van der Waals surface area (Å²) in [5.74, 6) is 0.485. The second-order valence-corrected chi connectivity index (χ2v) is 6.13. The van der Waals surface area contributed by atoms with Crippen LogP contribution in [0.5, 0.6) is 0 Å². The highest BCUT2D eigenvalue weighted by atomic mass is 19.1. The molecule has 26 heavy (non-hydrogen) atoms. The predicted molar refractivity (Wildman–Crippen MR) is 103 cm³/mol. The quantitative estimate of drug-likeness (QED) is 0.445. The Balaban J connectivity index is 1.99. The van der Waals surface area contributed by atoms with Gasteiger partial charge in [-0.3, -0.25) is 0 Å².